The van der Waals surface area contributed by atoms with Crippen LogP contribution in [-0.2, 0) is 22.6 Å². The fourth-order valence-electron chi connectivity index (χ4n) is 4.21. The SMILES string of the molecule is O=C(NCc1ccc([C@@H]2O[C@H](CSc3ccccn3)C[C@H](c3ccc(CO)cc3)O2)cc1)c1cccnc1. The molecule has 194 valence electrons. The molecule has 8 heteroatoms. The zero-order valence-electron chi connectivity index (χ0n) is 20.8. The van der Waals surface area contributed by atoms with Gasteiger partial charge in [-0.05, 0) is 41.0 Å². The Morgan fingerprint density at radius 3 is 2.42 bits per heavy atom. The van der Waals surface area contributed by atoms with Gasteiger partial charge in [0.05, 0.1) is 29.4 Å². The maximum absolute atomic E-state index is 12.3. The van der Waals surface area contributed by atoms with E-state index >= 15 is 0 Å². The van der Waals surface area contributed by atoms with Gasteiger partial charge in [-0.3, -0.25) is 9.78 Å². The Labute approximate surface area is 226 Å². The van der Waals surface area contributed by atoms with Gasteiger partial charge in [-0.1, -0.05) is 54.6 Å². The van der Waals surface area contributed by atoms with Gasteiger partial charge in [-0.15, -0.1) is 11.8 Å². The first-order valence-electron chi connectivity index (χ1n) is 12.5. The maximum Gasteiger partial charge on any atom is 0.253 e. The molecular weight excluding hydrogens is 498 g/mol. The molecule has 2 N–H and O–H groups in total. The number of aliphatic hydroxyl groups excluding tert-OH is 1. The van der Waals surface area contributed by atoms with Crippen molar-refractivity contribution in [1.82, 2.24) is 15.3 Å². The number of hydrogen-bond donors (Lipinski definition) is 2. The quantitative estimate of drug-likeness (QED) is 0.288. The summed E-state index contributed by atoms with van der Waals surface area (Å²) in [6, 6.07) is 25.1. The number of hydrogen-bond acceptors (Lipinski definition) is 7. The summed E-state index contributed by atoms with van der Waals surface area (Å²) in [7, 11) is 0. The fourth-order valence-corrected chi connectivity index (χ4v) is 5.09. The van der Waals surface area contributed by atoms with Crippen molar-refractivity contribution in [2.45, 2.75) is 43.1 Å². The standard InChI is InChI=1S/C30H29N3O4S/c34-19-22-8-10-23(11-9-22)27-16-26(20-38-28-5-1-2-15-32-28)36-30(37-27)24-12-6-21(7-13-24)17-33-29(35)25-4-3-14-31-18-25/h1-15,18,26-27,30,34H,16-17,19-20H2,(H,33,35)/t26-,27+,30+/m0/s1. The summed E-state index contributed by atoms with van der Waals surface area (Å²) in [4.78, 5) is 20.7. The Balaban J connectivity index is 1.27. The summed E-state index contributed by atoms with van der Waals surface area (Å²) >= 11 is 1.67. The highest BCUT2D eigenvalue weighted by molar-refractivity contribution is 7.99. The van der Waals surface area contributed by atoms with E-state index in [1.165, 1.54) is 0 Å². The number of carbonyl (C=O) groups excluding carboxylic acids is 1. The molecule has 0 saturated carbocycles. The molecule has 0 radical (unpaired) electrons. The van der Waals surface area contributed by atoms with Crippen molar-refractivity contribution >= 4 is 17.7 Å². The number of thioether (sulfide) groups is 1. The van der Waals surface area contributed by atoms with Crippen LogP contribution in [0, 0.1) is 0 Å². The summed E-state index contributed by atoms with van der Waals surface area (Å²) in [6.45, 7) is 0.416. The average Bonchev–Trinajstić information content (AvgIpc) is 3.00. The molecule has 1 aliphatic heterocycles. The summed E-state index contributed by atoms with van der Waals surface area (Å²) in [5.41, 5.74) is 4.33. The van der Waals surface area contributed by atoms with Crippen LogP contribution in [0.15, 0.2) is 102 Å². The highest BCUT2D eigenvalue weighted by atomic mass is 32.2. The highest BCUT2D eigenvalue weighted by Gasteiger charge is 2.32. The first-order valence-corrected chi connectivity index (χ1v) is 13.5. The first kappa shape index (κ1) is 26.1. The predicted molar refractivity (Wildman–Crippen MR) is 145 cm³/mol. The van der Waals surface area contributed by atoms with Crippen molar-refractivity contribution < 1.29 is 19.4 Å². The lowest BCUT2D eigenvalue weighted by Crippen LogP contribution is -2.31. The van der Waals surface area contributed by atoms with E-state index in [-0.39, 0.29) is 24.7 Å². The molecule has 3 atom stereocenters. The number of pyridine rings is 2. The number of benzene rings is 2. The van der Waals surface area contributed by atoms with Crippen LogP contribution in [0.2, 0.25) is 0 Å². The molecular formula is C30H29N3O4S. The summed E-state index contributed by atoms with van der Waals surface area (Å²) < 4.78 is 12.8. The van der Waals surface area contributed by atoms with Gasteiger partial charge in [-0.2, -0.15) is 0 Å². The van der Waals surface area contributed by atoms with Crippen molar-refractivity contribution in [2.75, 3.05) is 5.75 Å². The normalized spacial score (nSPS) is 19.1. The van der Waals surface area contributed by atoms with Crippen molar-refractivity contribution in [3.05, 3.63) is 125 Å². The van der Waals surface area contributed by atoms with E-state index in [2.05, 4.69) is 15.3 Å². The smallest absolute Gasteiger partial charge is 0.253 e. The van der Waals surface area contributed by atoms with Gasteiger partial charge in [0.1, 0.15) is 0 Å². The van der Waals surface area contributed by atoms with Crippen LogP contribution in [0.4, 0.5) is 0 Å². The van der Waals surface area contributed by atoms with E-state index in [1.807, 2.05) is 66.7 Å². The molecule has 2 aromatic heterocycles. The topological polar surface area (TPSA) is 93.6 Å². The fraction of sp³-hybridized carbons (Fsp3) is 0.233. The zero-order chi connectivity index (χ0) is 26.2. The van der Waals surface area contributed by atoms with Crippen LogP contribution in [0.25, 0.3) is 0 Å². The molecule has 38 heavy (non-hydrogen) atoms. The Morgan fingerprint density at radius 2 is 1.71 bits per heavy atom. The second-order valence-corrected chi connectivity index (χ2v) is 10.0. The van der Waals surface area contributed by atoms with E-state index in [0.29, 0.717) is 18.5 Å². The number of aromatic nitrogens is 2. The molecule has 1 aliphatic rings. The third-order valence-electron chi connectivity index (χ3n) is 6.30. The monoisotopic (exact) mass is 527 g/mol. The van der Waals surface area contributed by atoms with Crippen LogP contribution in [0.1, 0.15) is 51.4 Å². The minimum atomic E-state index is -0.528. The lowest BCUT2D eigenvalue weighted by molar-refractivity contribution is -0.245. The van der Waals surface area contributed by atoms with E-state index < -0.39 is 6.29 Å². The summed E-state index contributed by atoms with van der Waals surface area (Å²) in [5, 5.41) is 13.3. The Hall–Kier alpha value is -3.56. The lowest BCUT2D eigenvalue weighted by atomic mass is 10.0. The van der Waals surface area contributed by atoms with Gasteiger partial charge in [0.25, 0.3) is 5.91 Å². The number of amides is 1. The average molecular weight is 528 g/mol. The minimum Gasteiger partial charge on any atom is -0.392 e. The van der Waals surface area contributed by atoms with Gasteiger partial charge in [0.15, 0.2) is 6.29 Å². The number of carbonyl (C=O) groups is 1. The van der Waals surface area contributed by atoms with Crippen LogP contribution in [0.5, 0.6) is 0 Å². The molecule has 0 aliphatic carbocycles. The molecule has 1 amide bonds. The summed E-state index contributed by atoms with van der Waals surface area (Å²) in [6.07, 6.45) is 4.99. The van der Waals surface area contributed by atoms with E-state index in [9.17, 15) is 9.90 Å². The molecule has 0 unspecified atom stereocenters. The van der Waals surface area contributed by atoms with Crippen LogP contribution >= 0.6 is 11.8 Å². The highest BCUT2D eigenvalue weighted by Crippen LogP contribution is 2.39. The van der Waals surface area contributed by atoms with E-state index in [0.717, 1.165) is 33.0 Å². The van der Waals surface area contributed by atoms with Crippen molar-refractivity contribution in [2.24, 2.45) is 0 Å². The van der Waals surface area contributed by atoms with Crippen molar-refractivity contribution in [3.8, 4) is 0 Å². The second kappa shape index (κ2) is 12.8. The first-order chi connectivity index (χ1) is 18.7. The molecule has 4 aromatic rings. The van der Waals surface area contributed by atoms with Crippen LogP contribution in [-0.4, -0.2) is 32.8 Å². The Kier molecular flexibility index (Phi) is 8.78. The largest absolute Gasteiger partial charge is 0.392 e. The maximum atomic E-state index is 12.3. The number of ether oxygens (including phenoxy) is 2. The van der Waals surface area contributed by atoms with E-state index in [1.54, 1.807) is 42.5 Å². The predicted octanol–water partition coefficient (Wildman–Crippen LogP) is 5.24. The number of aliphatic hydroxyl groups is 1. The Morgan fingerprint density at radius 1 is 0.921 bits per heavy atom. The molecule has 1 saturated heterocycles. The number of nitrogens with one attached hydrogen (secondary N) is 1. The third kappa shape index (κ3) is 6.85. The van der Waals surface area contributed by atoms with Gasteiger partial charge in [0, 0.05) is 42.9 Å². The zero-order valence-corrected chi connectivity index (χ0v) is 21.6. The molecule has 0 bridgehead atoms. The third-order valence-corrected chi connectivity index (χ3v) is 7.37. The molecule has 7 nitrogen and oxygen atoms in total. The van der Waals surface area contributed by atoms with Gasteiger partial charge in [0.2, 0.25) is 0 Å². The molecule has 5 rings (SSSR count). The summed E-state index contributed by atoms with van der Waals surface area (Å²) in [5.74, 6) is 0.588. The minimum absolute atomic E-state index is 0.00984. The van der Waals surface area contributed by atoms with Gasteiger partial charge in [-0.25, -0.2) is 4.98 Å². The van der Waals surface area contributed by atoms with Gasteiger partial charge >= 0.3 is 0 Å². The molecule has 1 fully saturated rings. The molecule has 2 aromatic carbocycles. The van der Waals surface area contributed by atoms with Crippen LogP contribution < -0.4 is 5.32 Å². The number of nitrogens with zero attached hydrogens (tertiary/aromatic N) is 2. The Bertz CT molecular complexity index is 1310. The van der Waals surface area contributed by atoms with E-state index in [4.69, 9.17) is 9.47 Å². The molecule has 0 spiro atoms. The van der Waals surface area contributed by atoms with Gasteiger partial charge < -0.3 is 19.9 Å². The number of rotatable bonds is 9. The van der Waals surface area contributed by atoms with Crippen LogP contribution in [0.3, 0.4) is 0 Å². The second-order valence-electron chi connectivity index (χ2n) is 9.00. The lowest BCUT2D eigenvalue weighted by Gasteiger charge is -2.36. The molecule has 3 heterocycles. The van der Waals surface area contributed by atoms with Crippen molar-refractivity contribution in [1.29, 1.82) is 0 Å². The van der Waals surface area contributed by atoms with Crippen molar-refractivity contribution in [3.63, 3.8) is 0 Å².